The fourth-order valence-corrected chi connectivity index (χ4v) is 4.23. The standard InChI is InChI=1S/C24H30Cl2N4OS/c25-21-7-6-20(22(26)17-21)9-12-29-24(32)28-10-2-5-15-31-23-16-19(8-11-27-23)18-30-13-3-1-4-14-30/h2,5-8,11,16-17H,1,3-4,9-10,12-15,18H2,(H2,28,29,32)/b5-2-. The van der Waals surface area contributed by atoms with Gasteiger partial charge in [0.05, 0.1) is 0 Å². The lowest BCUT2D eigenvalue weighted by Gasteiger charge is -2.26. The van der Waals surface area contributed by atoms with Gasteiger partial charge in [-0.05, 0) is 80.0 Å². The number of hydrogen-bond acceptors (Lipinski definition) is 4. The molecule has 8 heteroatoms. The van der Waals surface area contributed by atoms with Crippen LogP contribution in [-0.4, -0.2) is 47.8 Å². The molecule has 3 rings (SSSR count). The second-order valence-corrected chi connectivity index (χ2v) is 9.00. The minimum Gasteiger partial charge on any atom is -0.473 e. The van der Waals surface area contributed by atoms with E-state index in [4.69, 9.17) is 40.2 Å². The Morgan fingerprint density at radius 3 is 2.75 bits per heavy atom. The molecule has 0 amide bonds. The van der Waals surface area contributed by atoms with E-state index in [2.05, 4.69) is 26.6 Å². The average molecular weight is 494 g/mol. The van der Waals surface area contributed by atoms with Crippen LogP contribution in [0.5, 0.6) is 5.88 Å². The Hall–Kier alpha value is -1.86. The van der Waals surface area contributed by atoms with Gasteiger partial charge in [0.15, 0.2) is 5.11 Å². The van der Waals surface area contributed by atoms with Gasteiger partial charge >= 0.3 is 0 Å². The summed E-state index contributed by atoms with van der Waals surface area (Å²) in [5.41, 5.74) is 2.29. The molecule has 0 atom stereocenters. The smallest absolute Gasteiger partial charge is 0.213 e. The molecule has 2 N–H and O–H groups in total. The minimum atomic E-state index is 0.469. The SMILES string of the molecule is S=C(NC/C=C\COc1cc(CN2CCCCC2)ccn1)NCCc1ccc(Cl)cc1Cl. The van der Waals surface area contributed by atoms with Gasteiger partial charge in [0.2, 0.25) is 5.88 Å². The number of ether oxygens (including phenoxy) is 1. The molecule has 2 heterocycles. The Morgan fingerprint density at radius 1 is 1.09 bits per heavy atom. The van der Waals surface area contributed by atoms with Gasteiger partial charge in [-0.1, -0.05) is 41.8 Å². The Bertz CT molecular complexity index is 903. The summed E-state index contributed by atoms with van der Waals surface area (Å²) in [6, 6.07) is 9.63. The lowest BCUT2D eigenvalue weighted by Crippen LogP contribution is -2.36. The van der Waals surface area contributed by atoms with E-state index >= 15 is 0 Å². The molecule has 0 spiro atoms. The van der Waals surface area contributed by atoms with Crippen molar-refractivity contribution in [2.24, 2.45) is 0 Å². The number of piperidine rings is 1. The van der Waals surface area contributed by atoms with Gasteiger partial charge in [-0.2, -0.15) is 0 Å². The third kappa shape index (κ3) is 8.94. The molecule has 2 aromatic rings. The van der Waals surface area contributed by atoms with Gasteiger partial charge in [0.1, 0.15) is 6.61 Å². The molecule has 1 aromatic heterocycles. The lowest BCUT2D eigenvalue weighted by molar-refractivity contribution is 0.220. The number of rotatable bonds is 10. The molecule has 1 aliphatic heterocycles. The number of likely N-dealkylation sites (tertiary alicyclic amines) is 1. The first kappa shape index (κ1) is 24.8. The fraction of sp³-hybridized carbons (Fsp3) is 0.417. The first-order chi connectivity index (χ1) is 15.6. The number of halogens is 2. The molecule has 0 saturated carbocycles. The Kier molecular flexibility index (Phi) is 10.6. The summed E-state index contributed by atoms with van der Waals surface area (Å²) in [4.78, 5) is 6.81. The highest BCUT2D eigenvalue weighted by atomic mass is 35.5. The molecular weight excluding hydrogens is 463 g/mol. The molecule has 172 valence electrons. The van der Waals surface area contributed by atoms with Crippen molar-refractivity contribution >= 4 is 40.5 Å². The van der Waals surface area contributed by atoms with Crippen molar-refractivity contribution in [3.63, 3.8) is 0 Å². The van der Waals surface area contributed by atoms with E-state index in [1.54, 1.807) is 6.07 Å². The summed E-state index contributed by atoms with van der Waals surface area (Å²) in [5, 5.41) is 8.25. The number of pyridine rings is 1. The van der Waals surface area contributed by atoms with Crippen molar-refractivity contribution in [1.29, 1.82) is 0 Å². The van der Waals surface area contributed by atoms with E-state index in [9.17, 15) is 0 Å². The number of hydrogen-bond donors (Lipinski definition) is 2. The molecule has 1 saturated heterocycles. The largest absolute Gasteiger partial charge is 0.473 e. The van der Waals surface area contributed by atoms with Gasteiger partial charge in [0, 0.05) is 41.9 Å². The van der Waals surface area contributed by atoms with E-state index in [0.29, 0.717) is 40.7 Å². The highest BCUT2D eigenvalue weighted by Crippen LogP contribution is 2.21. The van der Waals surface area contributed by atoms with Gasteiger partial charge in [0.25, 0.3) is 0 Å². The molecule has 5 nitrogen and oxygen atoms in total. The number of nitrogens with zero attached hydrogens (tertiary/aromatic N) is 2. The van der Waals surface area contributed by atoms with Crippen molar-refractivity contribution in [3.05, 3.63) is 69.9 Å². The van der Waals surface area contributed by atoms with Crippen molar-refractivity contribution in [1.82, 2.24) is 20.5 Å². The highest BCUT2D eigenvalue weighted by molar-refractivity contribution is 7.80. The van der Waals surface area contributed by atoms with Crippen LogP contribution in [0.1, 0.15) is 30.4 Å². The second-order valence-electron chi connectivity index (χ2n) is 7.74. The monoisotopic (exact) mass is 492 g/mol. The highest BCUT2D eigenvalue weighted by Gasteiger charge is 2.10. The summed E-state index contributed by atoms with van der Waals surface area (Å²) < 4.78 is 5.76. The summed E-state index contributed by atoms with van der Waals surface area (Å²) in [6.45, 7) is 5.11. The first-order valence-corrected chi connectivity index (χ1v) is 12.2. The predicted octanol–water partition coefficient (Wildman–Crippen LogP) is 5.02. The van der Waals surface area contributed by atoms with E-state index in [1.807, 2.05) is 36.5 Å². The Labute approximate surface area is 206 Å². The summed E-state index contributed by atoms with van der Waals surface area (Å²) in [7, 11) is 0. The molecule has 0 radical (unpaired) electrons. The number of aromatic nitrogens is 1. The number of benzene rings is 1. The predicted molar refractivity (Wildman–Crippen MR) is 137 cm³/mol. The zero-order valence-electron chi connectivity index (χ0n) is 18.2. The van der Waals surface area contributed by atoms with Crippen LogP contribution in [-0.2, 0) is 13.0 Å². The van der Waals surface area contributed by atoms with Gasteiger partial charge in [-0.3, -0.25) is 4.90 Å². The molecule has 1 aliphatic rings. The topological polar surface area (TPSA) is 49.4 Å². The van der Waals surface area contributed by atoms with Gasteiger partial charge in [-0.25, -0.2) is 4.98 Å². The minimum absolute atomic E-state index is 0.469. The molecule has 0 aliphatic carbocycles. The summed E-state index contributed by atoms with van der Waals surface area (Å²) in [5.74, 6) is 0.662. The van der Waals surface area contributed by atoms with E-state index in [1.165, 1.54) is 37.9 Å². The maximum absolute atomic E-state index is 6.19. The molecule has 0 bridgehead atoms. The van der Waals surface area contributed by atoms with E-state index < -0.39 is 0 Å². The van der Waals surface area contributed by atoms with Gasteiger partial charge < -0.3 is 15.4 Å². The molecule has 1 fully saturated rings. The quantitative estimate of drug-likeness (QED) is 0.358. The van der Waals surface area contributed by atoms with Crippen molar-refractivity contribution in [3.8, 4) is 5.88 Å². The lowest BCUT2D eigenvalue weighted by atomic mass is 10.1. The zero-order chi connectivity index (χ0) is 22.6. The number of thiocarbonyl (C=S) groups is 1. The van der Waals surface area contributed by atoms with Crippen LogP contribution in [0.2, 0.25) is 10.0 Å². The van der Waals surface area contributed by atoms with Crippen LogP contribution >= 0.6 is 35.4 Å². The van der Waals surface area contributed by atoms with Crippen molar-refractivity contribution in [2.75, 3.05) is 32.8 Å². The molecular formula is C24H30Cl2N4OS. The molecule has 0 unspecified atom stereocenters. The average Bonchev–Trinajstić information content (AvgIpc) is 2.78. The first-order valence-electron chi connectivity index (χ1n) is 11.0. The van der Waals surface area contributed by atoms with Crippen LogP contribution in [0.4, 0.5) is 0 Å². The maximum Gasteiger partial charge on any atom is 0.213 e. The van der Waals surface area contributed by atoms with Gasteiger partial charge in [-0.15, -0.1) is 0 Å². The van der Waals surface area contributed by atoms with Crippen LogP contribution in [0, 0.1) is 0 Å². The van der Waals surface area contributed by atoms with E-state index in [0.717, 1.165) is 18.5 Å². The third-order valence-corrected chi connectivity index (χ3v) is 6.10. The van der Waals surface area contributed by atoms with Crippen molar-refractivity contribution < 1.29 is 4.74 Å². The van der Waals surface area contributed by atoms with Crippen molar-refractivity contribution in [2.45, 2.75) is 32.2 Å². The normalized spacial score (nSPS) is 14.4. The Morgan fingerprint density at radius 2 is 1.94 bits per heavy atom. The third-order valence-electron chi connectivity index (χ3n) is 5.22. The van der Waals surface area contributed by atoms with E-state index in [-0.39, 0.29) is 0 Å². The zero-order valence-corrected chi connectivity index (χ0v) is 20.5. The summed E-state index contributed by atoms with van der Waals surface area (Å²) >= 11 is 17.4. The fourth-order valence-electron chi connectivity index (χ4n) is 3.54. The Balaban J connectivity index is 1.28. The number of nitrogens with one attached hydrogen (secondary N) is 2. The van der Waals surface area contributed by atoms with Crippen LogP contribution < -0.4 is 15.4 Å². The second kappa shape index (κ2) is 13.6. The maximum atomic E-state index is 6.19. The van der Waals surface area contributed by atoms with Crippen LogP contribution in [0.25, 0.3) is 0 Å². The molecule has 1 aromatic carbocycles. The van der Waals surface area contributed by atoms with Crippen LogP contribution in [0.15, 0.2) is 48.7 Å². The summed E-state index contributed by atoms with van der Waals surface area (Å²) in [6.07, 6.45) is 10.5. The molecule has 32 heavy (non-hydrogen) atoms. The van der Waals surface area contributed by atoms with Crippen LogP contribution in [0.3, 0.4) is 0 Å².